The van der Waals surface area contributed by atoms with Crippen molar-refractivity contribution in [3.05, 3.63) is 23.7 Å². The Morgan fingerprint density at radius 3 is 2.47 bits per heavy atom. The number of carbonyl (C=O) groups excluding carboxylic acids is 1. The lowest BCUT2D eigenvalue weighted by molar-refractivity contribution is -0.145. The van der Waals surface area contributed by atoms with Crippen LogP contribution in [0.25, 0.3) is 0 Å². The molecule has 1 aromatic heterocycles. The first-order valence-electron chi connectivity index (χ1n) is 4.70. The summed E-state index contributed by atoms with van der Waals surface area (Å²) in [7, 11) is 0. The molecule has 92 valence electrons. The maximum absolute atomic E-state index is 11.5. The van der Waals surface area contributed by atoms with E-state index < -0.39 is 30.3 Å². The van der Waals surface area contributed by atoms with Crippen LogP contribution >= 0.6 is 0 Å². The summed E-state index contributed by atoms with van der Waals surface area (Å²) in [5.74, 6) is -2.89. The predicted molar refractivity (Wildman–Crippen MR) is 54.6 cm³/mol. The molecule has 17 heavy (non-hydrogen) atoms. The minimum Gasteiger partial charge on any atom is -0.481 e. The summed E-state index contributed by atoms with van der Waals surface area (Å²) in [6.45, 7) is 1.63. The average Bonchev–Trinajstić information content (AvgIpc) is 2.63. The van der Waals surface area contributed by atoms with Gasteiger partial charge in [0.05, 0.1) is 12.0 Å². The Hall–Kier alpha value is -2.31. The number of amides is 1. The maximum atomic E-state index is 11.5. The molecule has 1 rings (SSSR count). The second kappa shape index (κ2) is 5.15. The standard InChI is InChI=1S/C10H11NO6/c1-5-2-6(4-17-5)9(14)11-7(10(15)16)3-8(12)13/h2,4,7H,3H2,1H3,(H,11,14)(H,12,13)(H,15,16)/t7-/m0/s1. The van der Waals surface area contributed by atoms with Gasteiger partial charge in [-0.25, -0.2) is 4.79 Å². The Morgan fingerprint density at radius 2 is 2.06 bits per heavy atom. The van der Waals surface area contributed by atoms with Crippen LogP contribution in [0.2, 0.25) is 0 Å². The molecular formula is C10H11NO6. The molecule has 0 unspecified atom stereocenters. The highest BCUT2D eigenvalue weighted by atomic mass is 16.4. The number of carboxylic acid groups (broad SMARTS) is 2. The van der Waals surface area contributed by atoms with Gasteiger partial charge in [0.2, 0.25) is 0 Å². The van der Waals surface area contributed by atoms with Gasteiger partial charge < -0.3 is 19.9 Å². The van der Waals surface area contributed by atoms with E-state index in [1.807, 2.05) is 0 Å². The molecule has 0 aliphatic rings. The molecule has 0 saturated heterocycles. The van der Waals surface area contributed by atoms with E-state index in [4.69, 9.17) is 14.6 Å². The molecule has 1 heterocycles. The zero-order valence-corrected chi connectivity index (χ0v) is 8.97. The summed E-state index contributed by atoms with van der Waals surface area (Å²) in [5.41, 5.74) is 0.152. The summed E-state index contributed by atoms with van der Waals surface area (Å²) in [5, 5.41) is 19.3. The summed E-state index contributed by atoms with van der Waals surface area (Å²) < 4.78 is 4.88. The number of hydrogen-bond acceptors (Lipinski definition) is 4. The quantitative estimate of drug-likeness (QED) is 0.680. The van der Waals surface area contributed by atoms with Crippen molar-refractivity contribution >= 4 is 17.8 Å². The number of nitrogens with one attached hydrogen (secondary N) is 1. The van der Waals surface area contributed by atoms with Gasteiger partial charge in [-0.3, -0.25) is 9.59 Å². The van der Waals surface area contributed by atoms with Gasteiger partial charge >= 0.3 is 11.9 Å². The molecule has 0 aliphatic carbocycles. The fraction of sp³-hybridized carbons (Fsp3) is 0.300. The third-order valence-corrected chi connectivity index (χ3v) is 1.97. The van der Waals surface area contributed by atoms with Gasteiger partial charge in [-0.15, -0.1) is 0 Å². The monoisotopic (exact) mass is 241 g/mol. The summed E-state index contributed by atoms with van der Waals surface area (Å²) >= 11 is 0. The lowest BCUT2D eigenvalue weighted by atomic mass is 10.2. The Morgan fingerprint density at radius 1 is 1.41 bits per heavy atom. The molecule has 0 aromatic carbocycles. The van der Waals surface area contributed by atoms with Crippen LogP contribution < -0.4 is 5.32 Å². The van der Waals surface area contributed by atoms with Crippen molar-refractivity contribution in [3.8, 4) is 0 Å². The van der Waals surface area contributed by atoms with Crippen molar-refractivity contribution in [1.82, 2.24) is 5.32 Å². The minimum absolute atomic E-state index is 0.152. The number of aliphatic carboxylic acids is 2. The molecule has 1 atom stereocenters. The molecule has 0 radical (unpaired) electrons. The largest absolute Gasteiger partial charge is 0.481 e. The lowest BCUT2D eigenvalue weighted by Gasteiger charge is -2.11. The average molecular weight is 241 g/mol. The smallest absolute Gasteiger partial charge is 0.326 e. The van der Waals surface area contributed by atoms with Crippen molar-refractivity contribution in [3.63, 3.8) is 0 Å². The number of furan rings is 1. The van der Waals surface area contributed by atoms with Gasteiger partial charge in [0.25, 0.3) is 5.91 Å². The highest BCUT2D eigenvalue weighted by Crippen LogP contribution is 2.06. The van der Waals surface area contributed by atoms with Gasteiger partial charge in [-0.1, -0.05) is 0 Å². The van der Waals surface area contributed by atoms with E-state index in [1.54, 1.807) is 6.92 Å². The molecule has 0 fully saturated rings. The first-order chi connectivity index (χ1) is 7.90. The Balaban J connectivity index is 2.70. The molecule has 1 amide bonds. The van der Waals surface area contributed by atoms with Crippen molar-refractivity contribution in [2.45, 2.75) is 19.4 Å². The lowest BCUT2D eigenvalue weighted by Crippen LogP contribution is -2.42. The molecule has 0 bridgehead atoms. The fourth-order valence-electron chi connectivity index (χ4n) is 1.18. The number of carboxylic acids is 2. The second-order valence-electron chi connectivity index (χ2n) is 3.41. The highest BCUT2D eigenvalue weighted by molar-refractivity contribution is 5.97. The number of rotatable bonds is 5. The van der Waals surface area contributed by atoms with E-state index in [9.17, 15) is 14.4 Å². The zero-order valence-electron chi connectivity index (χ0n) is 8.97. The second-order valence-corrected chi connectivity index (χ2v) is 3.41. The van der Waals surface area contributed by atoms with E-state index in [-0.39, 0.29) is 5.56 Å². The van der Waals surface area contributed by atoms with E-state index in [2.05, 4.69) is 5.32 Å². The first-order valence-corrected chi connectivity index (χ1v) is 4.70. The molecule has 0 spiro atoms. The van der Waals surface area contributed by atoms with Crippen molar-refractivity contribution < 1.29 is 29.0 Å². The number of aryl methyl sites for hydroxylation is 1. The van der Waals surface area contributed by atoms with Crippen LogP contribution in [0.1, 0.15) is 22.5 Å². The van der Waals surface area contributed by atoms with Crippen molar-refractivity contribution in [1.29, 1.82) is 0 Å². The van der Waals surface area contributed by atoms with Crippen LogP contribution in [-0.2, 0) is 9.59 Å². The number of carbonyl (C=O) groups is 3. The van der Waals surface area contributed by atoms with Gasteiger partial charge in [-0.05, 0) is 13.0 Å². The maximum Gasteiger partial charge on any atom is 0.326 e. The third-order valence-electron chi connectivity index (χ3n) is 1.97. The summed E-state index contributed by atoms with van der Waals surface area (Å²) in [4.78, 5) is 32.6. The molecule has 7 nitrogen and oxygen atoms in total. The minimum atomic E-state index is -1.46. The van der Waals surface area contributed by atoms with Gasteiger partial charge in [-0.2, -0.15) is 0 Å². The molecule has 1 aromatic rings. The molecule has 7 heteroatoms. The van der Waals surface area contributed by atoms with Crippen LogP contribution in [0.4, 0.5) is 0 Å². The van der Waals surface area contributed by atoms with E-state index in [0.717, 1.165) is 0 Å². The van der Waals surface area contributed by atoms with Gasteiger partial charge in [0.1, 0.15) is 18.1 Å². The fourth-order valence-corrected chi connectivity index (χ4v) is 1.18. The van der Waals surface area contributed by atoms with Crippen LogP contribution in [0.5, 0.6) is 0 Å². The topological polar surface area (TPSA) is 117 Å². The van der Waals surface area contributed by atoms with E-state index in [1.165, 1.54) is 12.3 Å². The van der Waals surface area contributed by atoms with Crippen molar-refractivity contribution in [2.24, 2.45) is 0 Å². The molecule has 3 N–H and O–H groups in total. The predicted octanol–water partition coefficient (Wildman–Crippen LogP) is 0.246. The van der Waals surface area contributed by atoms with Crippen LogP contribution in [-0.4, -0.2) is 34.1 Å². The van der Waals surface area contributed by atoms with Crippen molar-refractivity contribution in [2.75, 3.05) is 0 Å². The van der Waals surface area contributed by atoms with Crippen LogP contribution in [0, 0.1) is 6.92 Å². The van der Waals surface area contributed by atoms with E-state index in [0.29, 0.717) is 5.76 Å². The Kier molecular flexibility index (Phi) is 3.86. The molecule has 0 saturated carbocycles. The SMILES string of the molecule is Cc1cc(C(=O)N[C@@H](CC(=O)O)C(=O)O)co1. The van der Waals surface area contributed by atoms with Crippen LogP contribution in [0.3, 0.4) is 0 Å². The van der Waals surface area contributed by atoms with Gasteiger partial charge in [0, 0.05) is 0 Å². The Bertz CT molecular complexity index is 449. The molecular weight excluding hydrogens is 230 g/mol. The normalized spacial score (nSPS) is 11.8. The summed E-state index contributed by atoms with van der Waals surface area (Å²) in [6, 6.07) is -0.0372. The number of hydrogen-bond donors (Lipinski definition) is 3. The van der Waals surface area contributed by atoms with E-state index >= 15 is 0 Å². The van der Waals surface area contributed by atoms with Crippen LogP contribution in [0.15, 0.2) is 16.7 Å². The summed E-state index contributed by atoms with van der Waals surface area (Å²) in [6.07, 6.45) is 0.488. The highest BCUT2D eigenvalue weighted by Gasteiger charge is 2.24. The first kappa shape index (κ1) is 12.8. The Labute approximate surface area is 96.0 Å². The molecule has 0 aliphatic heterocycles. The third kappa shape index (κ3) is 3.63. The van der Waals surface area contributed by atoms with Gasteiger partial charge in [0.15, 0.2) is 0 Å². The zero-order chi connectivity index (χ0) is 13.0.